The van der Waals surface area contributed by atoms with E-state index in [9.17, 15) is 39.5 Å². The van der Waals surface area contributed by atoms with Crippen LogP contribution in [0.15, 0.2) is 24.3 Å². The molecule has 0 aromatic rings. The van der Waals surface area contributed by atoms with E-state index in [4.69, 9.17) is 23.8 Å². The number of aliphatic hydroxyl groups is 5. The number of phosphoric ester groups is 1. The molecule has 6 N–H and O–H groups in total. The van der Waals surface area contributed by atoms with Crippen LogP contribution in [0.25, 0.3) is 0 Å². The summed E-state index contributed by atoms with van der Waals surface area (Å²) in [6, 6.07) is 0. The molecular formula is C39H71O14P. The van der Waals surface area contributed by atoms with Gasteiger partial charge in [0, 0.05) is 25.2 Å². The summed E-state index contributed by atoms with van der Waals surface area (Å²) in [7, 11) is -4.69. The number of carbonyl (C=O) groups is 2. The third-order valence-corrected chi connectivity index (χ3v) is 10.4. The predicted molar refractivity (Wildman–Crippen MR) is 204 cm³/mol. The fraction of sp³-hybridized carbons (Fsp3) is 0.846. The van der Waals surface area contributed by atoms with E-state index in [0.717, 1.165) is 44.4 Å². The van der Waals surface area contributed by atoms with Crippen molar-refractivity contribution in [2.45, 2.75) is 173 Å². The van der Waals surface area contributed by atoms with E-state index in [2.05, 4.69) is 25.3 Å². The third kappa shape index (κ3) is 25.4. The Labute approximate surface area is 322 Å². The molecule has 9 atom stereocenters. The summed E-state index contributed by atoms with van der Waals surface area (Å²) in [4.78, 5) is 35.0. The maximum atomic E-state index is 12.7. The van der Waals surface area contributed by atoms with Crippen LogP contribution in [-0.2, 0) is 37.4 Å². The Kier molecular flexibility index (Phi) is 28.4. The molecule has 0 saturated carbocycles. The van der Waals surface area contributed by atoms with Crippen molar-refractivity contribution >= 4 is 19.8 Å². The highest BCUT2D eigenvalue weighted by Crippen LogP contribution is 2.43. The van der Waals surface area contributed by atoms with Crippen molar-refractivity contribution < 1.29 is 67.8 Å². The molecule has 0 aromatic heterocycles. The van der Waals surface area contributed by atoms with Crippen molar-refractivity contribution in [3.8, 4) is 0 Å². The fourth-order valence-corrected chi connectivity index (χ4v) is 6.62. The quantitative estimate of drug-likeness (QED) is 0.0206. The minimum atomic E-state index is -4.69. The van der Waals surface area contributed by atoms with Gasteiger partial charge in [0.2, 0.25) is 0 Å². The highest BCUT2D eigenvalue weighted by atomic mass is 31.2. The molecular weight excluding hydrogens is 723 g/mol. The molecule has 0 amide bonds. The van der Waals surface area contributed by atoms with Crippen LogP contribution in [0.3, 0.4) is 0 Å². The topological polar surface area (TPSA) is 219 Å². The second-order valence-electron chi connectivity index (χ2n) is 14.4. The Hall–Kier alpha value is -1.71. The van der Waals surface area contributed by atoms with E-state index in [1.807, 2.05) is 12.2 Å². The average molecular weight is 795 g/mol. The standard InChI is InChI=1S/C39H71O14P/c1-4-6-13-19-31(41)23-24-36-34(35(43)25-39(46)53-36)20-15-11-12-17-22-38(45)52-33(29-51-54(47,48)50-27-32(42)26-40)28-49-37(44)21-16-10-8-7-9-14-18-30(3)5-2/h11,15,23-24,30-36,39-43,46H,4-10,12-14,16-22,25-29H2,1-3H3,(H,47,48)/b15-11-,24-23+/t30?,31-,32-,33+,34-,35-,36+,39?/m0/s1. The average Bonchev–Trinajstić information content (AvgIpc) is 3.13. The number of phosphoric acid groups is 1. The molecule has 0 spiro atoms. The molecule has 1 rings (SSSR count). The number of allylic oxidation sites excluding steroid dienone is 2. The molecule has 1 fully saturated rings. The van der Waals surface area contributed by atoms with E-state index in [1.165, 1.54) is 25.7 Å². The Balaban J connectivity index is 2.59. The van der Waals surface area contributed by atoms with Gasteiger partial charge in [-0.05, 0) is 38.0 Å². The highest BCUT2D eigenvalue weighted by molar-refractivity contribution is 7.47. The molecule has 54 heavy (non-hydrogen) atoms. The maximum absolute atomic E-state index is 12.7. The third-order valence-electron chi connectivity index (χ3n) is 9.44. The van der Waals surface area contributed by atoms with Gasteiger partial charge in [0.25, 0.3) is 0 Å². The molecule has 1 aliphatic heterocycles. The summed E-state index contributed by atoms with van der Waals surface area (Å²) < 4.78 is 38.2. The van der Waals surface area contributed by atoms with Crippen LogP contribution < -0.4 is 0 Å². The molecule has 0 bridgehead atoms. The van der Waals surface area contributed by atoms with E-state index in [0.29, 0.717) is 32.1 Å². The lowest BCUT2D eigenvalue weighted by Gasteiger charge is -2.36. The van der Waals surface area contributed by atoms with E-state index in [-0.39, 0.29) is 25.2 Å². The second-order valence-corrected chi connectivity index (χ2v) is 15.9. The lowest BCUT2D eigenvalue weighted by Crippen LogP contribution is -2.43. The smallest absolute Gasteiger partial charge is 0.462 e. The van der Waals surface area contributed by atoms with Crippen LogP contribution in [-0.4, -0.2) is 106 Å². The minimum Gasteiger partial charge on any atom is -0.462 e. The van der Waals surface area contributed by atoms with Crippen LogP contribution >= 0.6 is 7.82 Å². The number of unbranched alkanes of at least 4 members (excludes halogenated alkanes) is 8. The van der Waals surface area contributed by atoms with Gasteiger partial charge in [0.15, 0.2) is 12.4 Å². The zero-order valence-electron chi connectivity index (χ0n) is 32.9. The molecule has 1 saturated heterocycles. The Bertz CT molecular complexity index is 1090. The lowest BCUT2D eigenvalue weighted by molar-refractivity contribution is -0.199. The van der Waals surface area contributed by atoms with Crippen molar-refractivity contribution in [1.29, 1.82) is 0 Å². The Morgan fingerprint density at radius 3 is 2.24 bits per heavy atom. The van der Waals surface area contributed by atoms with Crippen LogP contribution in [0.1, 0.15) is 136 Å². The van der Waals surface area contributed by atoms with Crippen molar-refractivity contribution in [2.24, 2.45) is 11.8 Å². The van der Waals surface area contributed by atoms with E-state index in [1.54, 1.807) is 12.2 Å². The molecule has 1 heterocycles. The normalized spacial score (nSPS) is 22.5. The number of hydrogen-bond donors (Lipinski definition) is 6. The number of rotatable bonds is 32. The summed E-state index contributed by atoms with van der Waals surface area (Å²) in [5.74, 6) is -0.716. The zero-order chi connectivity index (χ0) is 40.2. The SMILES string of the molecule is CCCCC[C@H](O)/C=C/[C@H]1OC(O)C[C@H](O)[C@@H]1C/C=C\CCCC(=O)O[C@H](COC(=O)CCCCCCCCC(C)CC)COP(=O)(O)OC[C@@H](O)CO. The van der Waals surface area contributed by atoms with Gasteiger partial charge < -0.3 is 44.6 Å². The Morgan fingerprint density at radius 2 is 1.54 bits per heavy atom. The van der Waals surface area contributed by atoms with Gasteiger partial charge in [-0.3, -0.25) is 18.6 Å². The lowest BCUT2D eigenvalue weighted by atomic mass is 9.87. The van der Waals surface area contributed by atoms with Crippen LogP contribution in [0.4, 0.5) is 0 Å². The summed E-state index contributed by atoms with van der Waals surface area (Å²) in [5, 5.41) is 49.2. The van der Waals surface area contributed by atoms with Gasteiger partial charge in [-0.1, -0.05) is 109 Å². The number of carbonyl (C=O) groups excluding carboxylic acids is 2. The van der Waals surface area contributed by atoms with Gasteiger partial charge in [0.05, 0.1) is 38.1 Å². The summed E-state index contributed by atoms with van der Waals surface area (Å²) >= 11 is 0. The van der Waals surface area contributed by atoms with Gasteiger partial charge >= 0.3 is 19.8 Å². The number of hydrogen-bond acceptors (Lipinski definition) is 13. The molecule has 316 valence electrons. The number of esters is 2. The van der Waals surface area contributed by atoms with Gasteiger partial charge in [-0.15, -0.1) is 0 Å². The maximum Gasteiger partial charge on any atom is 0.472 e. The minimum absolute atomic E-state index is 0.00917. The number of ether oxygens (including phenoxy) is 3. The van der Waals surface area contributed by atoms with E-state index >= 15 is 0 Å². The Morgan fingerprint density at radius 1 is 0.870 bits per heavy atom. The first kappa shape index (κ1) is 50.3. The zero-order valence-corrected chi connectivity index (χ0v) is 33.8. The summed E-state index contributed by atoms with van der Waals surface area (Å²) in [6.07, 6.45) is 15.1. The molecule has 15 heteroatoms. The van der Waals surface area contributed by atoms with Gasteiger partial charge in [-0.2, -0.15) is 0 Å². The largest absolute Gasteiger partial charge is 0.472 e. The highest BCUT2D eigenvalue weighted by Gasteiger charge is 2.35. The van der Waals surface area contributed by atoms with Crippen molar-refractivity contribution in [1.82, 2.24) is 0 Å². The molecule has 0 aromatic carbocycles. The van der Waals surface area contributed by atoms with Crippen LogP contribution in [0.5, 0.6) is 0 Å². The predicted octanol–water partition coefficient (Wildman–Crippen LogP) is 5.79. The fourth-order valence-electron chi connectivity index (χ4n) is 5.83. The monoisotopic (exact) mass is 794 g/mol. The van der Waals surface area contributed by atoms with Crippen LogP contribution in [0.2, 0.25) is 0 Å². The molecule has 1 aliphatic rings. The summed E-state index contributed by atoms with van der Waals surface area (Å²) in [6.45, 7) is 4.18. The number of aliphatic hydroxyl groups excluding tert-OH is 5. The molecule has 3 unspecified atom stereocenters. The first-order valence-corrected chi connectivity index (χ1v) is 21.6. The first-order chi connectivity index (χ1) is 25.8. The molecule has 14 nitrogen and oxygen atoms in total. The van der Waals surface area contributed by atoms with Gasteiger partial charge in [0.1, 0.15) is 12.7 Å². The van der Waals surface area contributed by atoms with E-state index < -0.39 is 83.0 Å². The second kappa shape index (κ2) is 30.4. The van der Waals surface area contributed by atoms with Crippen molar-refractivity contribution in [2.75, 3.05) is 26.4 Å². The first-order valence-electron chi connectivity index (χ1n) is 20.1. The summed E-state index contributed by atoms with van der Waals surface area (Å²) in [5.41, 5.74) is 0. The van der Waals surface area contributed by atoms with Gasteiger partial charge in [-0.25, -0.2) is 4.57 Å². The van der Waals surface area contributed by atoms with Crippen LogP contribution in [0, 0.1) is 11.8 Å². The molecule has 0 aliphatic carbocycles. The van der Waals surface area contributed by atoms with Crippen molar-refractivity contribution in [3.05, 3.63) is 24.3 Å². The molecule has 0 radical (unpaired) electrons. The van der Waals surface area contributed by atoms with Crippen molar-refractivity contribution in [3.63, 3.8) is 0 Å².